The number of furan rings is 1. The van der Waals surface area contributed by atoms with E-state index in [1.807, 2.05) is 0 Å². The van der Waals surface area contributed by atoms with Crippen molar-refractivity contribution in [3.8, 4) is 0 Å². The maximum atomic E-state index is 11.5. The number of nitrogen functional groups attached to an aromatic ring is 1. The number of nitrogens with zero attached hydrogens (tertiary/aromatic N) is 1. The van der Waals surface area contributed by atoms with Gasteiger partial charge in [0.25, 0.3) is 5.91 Å². The molecule has 2 aromatic rings. The number of carbonyl (C=O) groups is 1. The second kappa shape index (κ2) is 3.87. The highest BCUT2D eigenvalue weighted by Gasteiger charge is 2.08. The zero-order chi connectivity index (χ0) is 10.7. The topological polar surface area (TPSA) is 96.9 Å². The first-order valence-electron chi connectivity index (χ1n) is 4.37. The summed E-state index contributed by atoms with van der Waals surface area (Å²) < 4.78 is 5.06. The zero-order valence-electron chi connectivity index (χ0n) is 7.86. The van der Waals surface area contributed by atoms with Crippen LogP contribution in [0.15, 0.2) is 28.9 Å². The highest BCUT2D eigenvalue weighted by Crippen LogP contribution is 2.02. The summed E-state index contributed by atoms with van der Waals surface area (Å²) in [6, 6.07) is 5.01. The number of nitrogens with two attached hydrogens (primary N) is 1. The SMILES string of the molecule is Nc1cc(C(=O)NCc2ccco2)[nH]n1. The number of hydrogen-bond donors (Lipinski definition) is 3. The average molecular weight is 206 g/mol. The second-order valence-electron chi connectivity index (χ2n) is 2.97. The van der Waals surface area contributed by atoms with Crippen LogP contribution in [0, 0.1) is 0 Å². The number of amides is 1. The molecule has 0 saturated heterocycles. The van der Waals surface area contributed by atoms with Crippen LogP contribution < -0.4 is 11.1 Å². The van der Waals surface area contributed by atoms with Gasteiger partial charge in [-0.3, -0.25) is 9.89 Å². The van der Waals surface area contributed by atoms with Crippen molar-refractivity contribution in [2.45, 2.75) is 6.54 Å². The van der Waals surface area contributed by atoms with Crippen molar-refractivity contribution in [1.29, 1.82) is 0 Å². The molecule has 0 spiro atoms. The summed E-state index contributed by atoms with van der Waals surface area (Å²) in [6.45, 7) is 0.338. The average Bonchev–Trinajstić information content (AvgIpc) is 2.84. The van der Waals surface area contributed by atoms with Crippen LogP contribution in [0.2, 0.25) is 0 Å². The maximum Gasteiger partial charge on any atom is 0.269 e. The van der Waals surface area contributed by atoms with Gasteiger partial charge >= 0.3 is 0 Å². The molecule has 6 heteroatoms. The van der Waals surface area contributed by atoms with Gasteiger partial charge in [0.2, 0.25) is 0 Å². The number of carbonyl (C=O) groups excluding carboxylic acids is 1. The molecule has 0 saturated carbocycles. The van der Waals surface area contributed by atoms with E-state index in [1.54, 1.807) is 18.4 Å². The molecular formula is C9H10N4O2. The van der Waals surface area contributed by atoms with Crippen molar-refractivity contribution in [2.24, 2.45) is 0 Å². The number of H-pyrrole nitrogens is 1. The Morgan fingerprint density at radius 2 is 2.53 bits per heavy atom. The summed E-state index contributed by atoms with van der Waals surface area (Å²) in [5.41, 5.74) is 5.70. The Hall–Kier alpha value is -2.24. The molecule has 6 nitrogen and oxygen atoms in total. The zero-order valence-corrected chi connectivity index (χ0v) is 7.86. The minimum atomic E-state index is -0.268. The van der Waals surface area contributed by atoms with Crippen LogP contribution >= 0.6 is 0 Å². The highest BCUT2D eigenvalue weighted by atomic mass is 16.3. The molecule has 0 unspecified atom stereocenters. The lowest BCUT2D eigenvalue weighted by atomic mass is 10.4. The molecule has 4 N–H and O–H groups in total. The van der Waals surface area contributed by atoms with Gasteiger partial charge in [0.1, 0.15) is 17.3 Å². The van der Waals surface area contributed by atoms with Crippen LogP contribution in [0.3, 0.4) is 0 Å². The largest absolute Gasteiger partial charge is 0.467 e. The molecule has 0 fully saturated rings. The Morgan fingerprint density at radius 1 is 1.67 bits per heavy atom. The summed E-state index contributed by atoms with van der Waals surface area (Å²) in [7, 11) is 0. The molecule has 0 aliphatic heterocycles. The van der Waals surface area contributed by atoms with Crippen molar-refractivity contribution >= 4 is 11.7 Å². The first-order valence-corrected chi connectivity index (χ1v) is 4.37. The van der Waals surface area contributed by atoms with E-state index in [9.17, 15) is 4.79 Å². The minimum absolute atomic E-state index is 0.268. The minimum Gasteiger partial charge on any atom is -0.467 e. The molecule has 0 radical (unpaired) electrons. The Balaban J connectivity index is 1.93. The summed E-state index contributed by atoms with van der Waals surface area (Å²) in [5, 5.41) is 8.82. The number of hydrogen-bond acceptors (Lipinski definition) is 4. The van der Waals surface area contributed by atoms with Crippen molar-refractivity contribution < 1.29 is 9.21 Å². The number of aromatic amines is 1. The normalized spacial score (nSPS) is 10.1. The molecule has 78 valence electrons. The lowest BCUT2D eigenvalue weighted by Crippen LogP contribution is -2.22. The third-order valence-electron chi connectivity index (χ3n) is 1.85. The third kappa shape index (κ3) is 2.16. The molecule has 15 heavy (non-hydrogen) atoms. The van der Waals surface area contributed by atoms with Crippen LogP contribution in [-0.4, -0.2) is 16.1 Å². The molecule has 0 aliphatic rings. The van der Waals surface area contributed by atoms with Gasteiger partial charge in [0.05, 0.1) is 12.8 Å². The van der Waals surface area contributed by atoms with E-state index in [2.05, 4.69) is 15.5 Å². The fourth-order valence-corrected chi connectivity index (χ4v) is 1.13. The fourth-order valence-electron chi connectivity index (χ4n) is 1.13. The van der Waals surface area contributed by atoms with Crippen LogP contribution in [0.5, 0.6) is 0 Å². The van der Waals surface area contributed by atoms with Gasteiger partial charge in [-0.05, 0) is 12.1 Å². The molecular weight excluding hydrogens is 196 g/mol. The van der Waals surface area contributed by atoms with E-state index in [4.69, 9.17) is 10.2 Å². The van der Waals surface area contributed by atoms with Crippen molar-refractivity contribution in [3.05, 3.63) is 35.9 Å². The lowest BCUT2D eigenvalue weighted by molar-refractivity contribution is 0.0943. The van der Waals surface area contributed by atoms with E-state index in [0.717, 1.165) is 0 Å². The van der Waals surface area contributed by atoms with E-state index < -0.39 is 0 Å². The molecule has 2 rings (SSSR count). The smallest absolute Gasteiger partial charge is 0.269 e. The van der Waals surface area contributed by atoms with E-state index in [0.29, 0.717) is 18.0 Å². The van der Waals surface area contributed by atoms with Crippen molar-refractivity contribution in [3.63, 3.8) is 0 Å². The Kier molecular flexibility index (Phi) is 2.40. The fraction of sp³-hybridized carbons (Fsp3) is 0.111. The van der Waals surface area contributed by atoms with E-state index in [1.165, 1.54) is 6.07 Å². The molecule has 0 aliphatic carbocycles. The van der Waals surface area contributed by atoms with Gasteiger partial charge in [-0.2, -0.15) is 5.10 Å². The Bertz CT molecular complexity index is 446. The molecule has 0 aromatic carbocycles. The predicted molar refractivity (Wildman–Crippen MR) is 52.9 cm³/mol. The van der Waals surface area contributed by atoms with Crippen molar-refractivity contribution in [2.75, 3.05) is 5.73 Å². The van der Waals surface area contributed by atoms with Crippen LogP contribution in [-0.2, 0) is 6.54 Å². The highest BCUT2D eigenvalue weighted by molar-refractivity contribution is 5.92. The number of anilines is 1. The van der Waals surface area contributed by atoms with Gasteiger partial charge in [-0.25, -0.2) is 0 Å². The van der Waals surface area contributed by atoms with Crippen molar-refractivity contribution in [1.82, 2.24) is 15.5 Å². The lowest BCUT2D eigenvalue weighted by Gasteiger charge is -1.99. The first-order chi connectivity index (χ1) is 7.25. The maximum absolute atomic E-state index is 11.5. The molecule has 1 amide bonds. The Labute approximate surface area is 85.5 Å². The molecule has 2 aromatic heterocycles. The number of aromatic nitrogens is 2. The summed E-state index contributed by atoms with van der Waals surface area (Å²) >= 11 is 0. The first kappa shape index (κ1) is 9.32. The Morgan fingerprint density at radius 3 is 3.13 bits per heavy atom. The molecule has 0 atom stereocenters. The number of rotatable bonds is 3. The van der Waals surface area contributed by atoms with Crippen LogP contribution in [0.25, 0.3) is 0 Å². The van der Waals surface area contributed by atoms with Crippen LogP contribution in [0.1, 0.15) is 16.2 Å². The monoisotopic (exact) mass is 206 g/mol. The van der Waals surface area contributed by atoms with Gasteiger partial charge in [0, 0.05) is 6.07 Å². The van der Waals surface area contributed by atoms with E-state index >= 15 is 0 Å². The summed E-state index contributed by atoms with van der Waals surface area (Å²) in [5.74, 6) is 0.713. The molecule has 2 heterocycles. The number of nitrogens with one attached hydrogen (secondary N) is 2. The van der Waals surface area contributed by atoms with E-state index in [-0.39, 0.29) is 11.7 Å². The van der Waals surface area contributed by atoms with Gasteiger partial charge < -0.3 is 15.5 Å². The third-order valence-corrected chi connectivity index (χ3v) is 1.85. The standard InChI is InChI=1S/C9H10N4O2/c10-8-4-7(12-13-8)9(14)11-5-6-2-1-3-15-6/h1-4H,5H2,(H,11,14)(H3,10,12,13). The quantitative estimate of drug-likeness (QED) is 0.681. The summed E-state index contributed by atoms with van der Waals surface area (Å²) in [6.07, 6.45) is 1.55. The summed E-state index contributed by atoms with van der Waals surface area (Å²) in [4.78, 5) is 11.5. The van der Waals surface area contributed by atoms with Crippen LogP contribution in [0.4, 0.5) is 5.82 Å². The van der Waals surface area contributed by atoms with Gasteiger partial charge in [0.15, 0.2) is 0 Å². The predicted octanol–water partition coefficient (Wildman–Crippen LogP) is 0.515. The van der Waals surface area contributed by atoms with Gasteiger partial charge in [-0.15, -0.1) is 0 Å². The molecule has 0 bridgehead atoms. The van der Waals surface area contributed by atoms with Gasteiger partial charge in [-0.1, -0.05) is 0 Å². The second-order valence-corrected chi connectivity index (χ2v) is 2.97.